The Labute approximate surface area is 89.7 Å². The average Bonchev–Trinajstić information content (AvgIpc) is 2.50. The molecule has 0 spiro atoms. The van der Waals surface area contributed by atoms with Crippen LogP contribution in [-0.2, 0) is 13.5 Å². The number of aromatic nitrogens is 4. The number of rotatable bonds is 6. The third kappa shape index (κ3) is 4.35. The van der Waals surface area contributed by atoms with Crippen molar-refractivity contribution in [2.75, 3.05) is 13.1 Å². The summed E-state index contributed by atoms with van der Waals surface area (Å²) in [6.45, 7) is 5.31. The zero-order valence-corrected chi connectivity index (χ0v) is 9.56. The zero-order chi connectivity index (χ0) is 11.3. The van der Waals surface area contributed by atoms with E-state index in [2.05, 4.69) is 27.7 Å². The molecule has 0 aliphatic carbocycles. The Morgan fingerprint density at radius 2 is 2.27 bits per heavy atom. The van der Waals surface area contributed by atoms with Crippen molar-refractivity contribution in [2.45, 2.75) is 32.3 Å². The summed E-state index contributed by atoms with van der Waals surface area (Å²) in [7, 11) is 1.71. The molecule has 1 rings (SSSR count). The summed E-state index contributed by atoms with van der Waals surface area (Å²) in [5.41, 5.74) is -0.821. The van der Waals surface area contributed by atoms with E-state index in [1.807, 2.05) is 0 Å². The summed E-state index contributed by atoms with van der Waals surface area (Å²) in [5.74, 6) is 0.570. The molecule has 0 aliphatic heterocycles. The first-order chi connectivity index (χ1) is 7.03. The summed E-state index contributed by atoms with van der Waals surface area (Å²) >= 11 is 0. The van der Waals surface area contributed by atoms with Crippen LogP contribution in [0.3, 0.4) is 0 Å². The van der Waals surface area contributed by atoms with E-state index < -0.39 is 5.60 Å². The van der Waals surface area contributed by atoms with Crippen molar-refractivity contribution in [3.63, 3.8) is 0 Å². The molecule has 0 aromatic carbocycles. The number of hydrogen-bond acceptors (Lipinski definition) is 5. The lowest BCUT2D eigenvalue weighted by molar-refractivity contribution is 0.0583. The lowest BCUT2D eigenvalue weighted by Crippen LogP contribution is -2.40. The Bertz CT molecular complexity index is 296. The van der Waals surface area contributed by atoms with E-state index in [0.717, 1.165) is 13.0 Å². The van der Waals surface area contributed by atoms with E-state index in [1.54, 1.807) is 14.0 Å². The van der Waals surface area contributed by atoms with E-state index in [4.69, 9.17) is 0 Å². The summed E-state index contributed by atoms with van der Waals surface area (Å²) in [6, 6.07) is 0. The molecule has 0 bridgehead atoms. The van der Waals surface area contributed by atoms with Gasteiger partial charge in [-0.05, 0) is 25.1 Å². The fourth-order valence-corrected chi connectivity index (χ4v) is 1.33. The molecule has 0 saturated heterocycles. The molecule has 0 saturated carbocycles. The van der Waals surface area contributed by atoms with Gasteiger partial charge in [0.1, 0.15) is 0 Å². The summed E-state index contributed by atoms with van der Waals surface area (Å²) in [6.07, 6.45) is 1.47. The Morgan fingerprint density at radius 3 is 2.80 bits per heavy atom. The van der Waals surface area contributed by atoms with Gasteiger partial charge < -0.3 is 10.4 Å². The van der Waals surface area contributed by atoms with Gasteiger partial charge in [-0.3, -0.25) is 0 Å². The van der Waals surface area contributed by atoms with Crippen molar-refractivity contribution in [1.82, 2.24) is 25.5 Å². The van der Waals surface area contributed by atoms with Crippen LogP contribution in [0.4, 0.5) is 0 Å². The highest BCUT2D eigenvalue weighted by molar-refractivity contribution is 4.89. The average molecular weight is 213 g/mol. The van der Waals surface area contributed by atoms with Crippen LogP contribution in [0.5, 0.6) is 0 Å². The number of hydrogen-bond donors (Lipinski definition) is 2. The number of aryl methyl sites for hydroxylation is 1. The van der Waals surface area contributed by atoms with Crippen LogP contribution >= 0.6 is 0 Å². The maximum absolute atomic E-state index is 10.0. The van der Waals surface area contributed by atoms with Crippen LogP contribution in [0.15, 0.2) is 0 Å². The molecule has 0 radical (unpaired) electrons. The van der Waals surface area contributed by atoms with Crippen molar-refractivity contribution < 1.29 is 5.11 Å². The van der Waals surface area contributed by atoms with Gasteiger partial charge in [0.25, 0.3) is 0 Å². The fourth-order valence-electron chi connectivity index (χ4n) is 1.33. The highest BCUT2D eigenvalue weighted by atomic mass is 16.3. The number of nitrogens with zero attached hydrogens (tertiary/aromatic N) is 4. The molecule has 86 valence electrons. The van der Waals surface area contributed by atoms with E-state index in [1.165, 1.54) is 4.80 Å². The van der Waals surface area contributed by atoms with E-state index >= 15 is 0 Å². The van der Waals surface area contributed by atoms with Crippen molar-refractivity contribution in [1.29, 1.82) is 0 Å². The predicted molar refractivity (Wildman–Crippen MR) is 56.3 cm³/mol. The maximum Gasteiger partial charge on any atom is 0.177 e. The van der Waals surface area contributed by atoms with Gasteiger partial charge in [-0.1, -0.05) is 6.92 Å². The van der Waals surface area contributed by atoms with Gasteiger partial charge in [0.05, 0.1) is 12.6 Å². The van der Waals surface area contributed by atoms with E-state index in [9.17, 15) is 5.11 Å². The predicted octanol–water partition coefficient (Wildman–Crippen LogP) is -0.497. The molecule has 2 N–H and O–H groups in total. The second-order valence-electron chi connectivity index (χ2n) is 4.05. The van der Waals surface area contributed by atoms with Gasteiger partial charge in [0.2, 0.25) is 0 Å². The molecule has 0 aliphatic rings. The van der Waals surface area contributed by atoms with Crippen molar-refractivity contribution in [3.8, 4) is 0 Å². The van der Waals surface area contributed by atoms with Crippen LogP contribution in [-0.4, -0.2) is 44.0 Å². The minimum absolute atomic E-state index is 0.414. The van der Waals surface area contributed by atoms with Crippen molar-refractivity contribution in [2.24, 2.45) is 7.05 Å². The monoisotopic (exact) mass is 213 g/mol. The quantitative estimate of drug-likeness (QED) is 0.623. The standard InChI is InChI=1S/C9H19N5O/c1-4-5-10-7-9(2,15)6-8-11-13-14(3)12-8/h10,15H,4-7H2,1-3H3. The minimum Gasteiger partial charge on any atom is -0.388 e. The molecule has 1 aromatic heterocycles. The first-order valence-electron chi connectivity index (χ1n) is 5.19. The van der Waals surface area contributed by atoms with Crippen molar-refractivity contribution >= 4 is 0 Å². The summed E-state index contributed by atoms with van der Waals surface area (Å²) in [5, 5.41) is 24.8. The molecular formula is C9H19N5O. The first kappa shape index (κ1) is 12.1. The Kier molecular flexibility index (Phi) is 4.16. The molecule has 1 heterocycles. The Morgan fingerprint density at radius 1 is 1.53 bits per heavy atom. The maximum atomic E-state index is 10.0. The number of aliphatic hydroxyl groups is 1. The third-order valence-corrected chi connectivity index (χ3v) is 2.02. The van der Waals surface area contributed by atoms with Crippen LogP contribution in [0, 0.1) is 0 Å². The first-order valence-corrected chi connectivity index (χ1v) is 5.19. The number of nitrogens with one attached hydrogen (secondary N) is 1. The van der Waals surface area contributed by atoms with Gasteiger partial charge in [0.15, 0.2) is 5.82 Å². The topological polar surface area (TPSA) is 75.9 Å². The number of tetrazole rings is 1. The largest absolute Gasteiger partial charge is 0.388 e. The zero-order valence-electron chi connectivity index (χ0n) is 9.56. The summed E-state index contributed by atoms with van der Waals surface area (Å²) in [4.78, 5) is 1.39. The lowest BCUT2D eigenvalue weighted by Gasteiger charge is -2.21. The minimum atomic E-state index is -0.821. The molecule has 1 atom stereocenters. The van der Waals surface area contributed by atoms with Gasteiger partial charge in [-0.2, -0.15) is 4.80 Å². The highest BCUT2D eigenvalue weighted by Gasteiger charge is 2.22. The molecule has 1 aromatic rings. The van der Waals surface area contributed by atoms with Gasteiger partial charge in [0, 0.05) is 13.0 Å². The Hall–Kier alpha value is -1.01. The molecule has 15 heavy (non-hydrogen) atoms. The van der Waals surface area contributed by atoms with Crippen LogP contribution in [0.2, 0.25) is 0 Å². The molecular weight excluding hydrogens is 194 g/mol. The molecule has 0 fully saturated rings. The molecule has 6 nitrogen and oxygen atoms in total. The summed E-state index contributed by atoms with van der Waals surface area (Å²) < 4.78 is 0. The van der Waals surface area contributed by atoms with Gasteiger partial charge >= 0.3 is 0 Å². The Balaban J connectivity index is 2.41. The molecule has 1 unspecified atom stereocenters. The second-order valence-corrected chi connectivity index (χ2v) is 4.05. The lowest BCUT2D eigenvalue weighted by atomic mass is 10.0. The van der Waals surface area contributed by atoms with E-state index in [0.29, 0.717) is 18.8 Å². The third-order valence-electron chi connectivity index (χ3n) is 2.02. The van der Waals surface area contributed by atoms with Crippen LogP contribution in [0.1, 0.15) is 26.1 Å². The fraction of sp³-hybridized carbons (Fsp3) is 0.889. The van der Waals surface area contributed by atoms with Gasteiger partial charge in [-0.15, -0.1) is 10.2 Å². The molecule has 0 amide bonds. The van der Waals surface area contributed by atoms with Crippen molar-refractivity contribution in [3.05, 3.63) is 5.82 Å². The van der Waals surface area contributed by atoms with Crippen LogP contribution in [0.25, 0.3) is 0 Å². The van der Waals surface area contributed by atoms with E-state index in [-0.39, 0.29) is 0 Å². The normalized spacial score (nSPS) is 15.2. The SMILES string of the molecule is CCCNCC(C)(O)Cc1nnn(C)n1. The second kappa shape index (κ2) is 5.18. The van der Waals surface area contributed by atoms with Crippen LogP contribution < -0.4 is 5.32 Å². The smallest absolute Gasteiger partial charge is 0.177 e. The molecule has 6 heteroatoms. The van der Waals surface area contributed by atoms with Gasteiger partial charge in [-0.25, -0.2) is 0 Å². The highest BCUT2D eigenvalue weighted by Crippen LogP contribution is 2.07.